The molecule has 0 aromatic carbocycles. The zero-order valence-corrected chi connectivity index (χ0v) is 19.6. The Balaban J connectivity index is 1.46. The number of nitrogens with one attached hydrogen (secondary N) is 1. The Hall–Kier alpha value is -2.36. The molecular formula is C23H28F3N5OS. The standard InChI is InChI=1S/C23H28F3N5OS/c1-13-14(2)33-21(27-13)29-22(32)31-17-7-3-5-15(11-17)18-8-9-19(28-20(18)31)30-10-4-6-16(12-30)23(24,25)26/h8-9,15-17H,3-7,10-12H2,1-2H3,(H,27,29,32)/t15?,16?,17-/m0/s1. The van der Waals surface area contributed by atoms with Gasteiger partial charge in [0.2, 0.25) is 0 Å². The summed E-state index contributed by atoms with van der Waals surface area (Å²) in [5.41, 5.74) is 1.90. The molecule has 33 heavy (non-hydrogen) atoms. The Bertz CT molecular complexity index is 1040. The van der Waals surface area contributed by atoms with Gasteiger partial charge in [0.15, 0.2) is 5.13 Å². The van der Waals surface area contributed by atoms with E-state index in [1.807, 2.05) is 26.0 Å². The van der Waals surface area contributed by atoms with E-state index >= 15 is 0 Å². The summed E-state index contributed by atoms with van der Waals surface area (Å²) >= 11 is 1.43. The molecule has 2 aromatic rings. The zero-order valence-electron chi connectivity index (χ0n) is 18.8. The van der Waals surface area contributed by atoms with Gasteiger partial charge in [-0.1, -0.05) is 12.5 Å². The van der Waals surface area contributed by atoms with Crippen molar-refractivity contribution in [2.45, 2.75) is 70.5 Å². The zero-order chi connectivity index (χ0) is 23.3. The molecule has 1 aliphatic carbocycles. The monoisotopic (exact) mass is 479 g/mol. The van der Waals surface area contributed by atoms with Gasteiger partial charge in [0, 0.05) is 24.0 Å². The fourth-order valence-corrected chi connectivity index (χ4v) is 6.19. The third kappa shape index (κ3) is 4.29. The summed E-state index contributed by atoms with van der Waals surface area (Å²) in [5, 5.41) is 3.49. The second kappa shape index (κ2) is 8.45. The molecule has 5 rings (SSSR count). The second-order valence-corrected chi connectivity index (χ2v) is 10.6. The lowest BCUT2D eigenvalue weighted by Gasteiger charge is -2.43. The second-order valence-electron chi connectivity index (χ2n) is 9.39. The number of aryl methyl sites for hydroxylation is 2. The molecule has 1 N–H and O–H groups in total. The summed E-state index contributed by atoms with van der Waals surface area (Å²) in [4.78, 5) is 27.1. The molecule has 2 unspecified atom stereocenters. The Morgan fingerprint density at radius 3 is 2.70 bits per heavy atom. The van der Waals surface area contributed by atoms with E-state index in [1.54, 1.807) is 9.80 Å². The van der Waals surface area contributed by atoms with Crippen LogP contribution in [0.2, 0.25) is 0 Å². The van der Waals surface area contributed by atoms with Gasteiger partial charge in [0.1, 0.15) is 11.6 Å². The topological polar surface area (TPSA) is 61.4 Å². The highest BCUT2D eigenvalue weighted by molar-refractivity contribution is 7.15. The minimum absolute atomic E-state index is 0.0328. The van der Waals surface area contributed by atoms with Gasteiger partial charge in [-0.3, -0.25) is 10.2 Å². The van der Waals surface area contributed by atoms with Crippen LogP contribution in [-0.4, -0.2) is 41.3 Å². The Kier molecular flexibility index (Phi) is 5.74. The van der Waals surface area contributed by atoms with E-state index in [1.165, 1.54) is 11.3 Å². The molecule has 178 valence electrons. The van der Waals surface area contributed by atoms with E-state index in [2.05, 4.69) is 10.3 Å². The van der Waals surface area contributed by atoms with E-state index in [4.69, 9.17) is 4.98 Å². The summed E-state index contributed by atoms with van der Waals surface area (Å²) < 4.78 is 40.1. The van der Waals surface area contributed by atoms with Gasteiger partial charge in [-0.25, -0.2) is 14.8 Å². The number of piperidine rings is 1. The Morgan fingerprint density at radius 2 is 1.97 bits per heavy atom. The highest BCUT2D eigenvalue weighted by Gasteiger charge is 2.43. The first-order valence-electron chi connectivity index (χ1n) is 11.6. The number of hydrogen-bond acceptors (Lipinski definition) is 5. The van der Waals surface area contributed by atoms with E-state index in [0.717, 1.165) is 41.8 Å². The maximum absolute atomic E-state index is 13.4. The predicted octanol–water partition coefficient (Wildman–Crippen LogP) is 6.01. The molecule has 2 fully saturated rings. The van der Waals surface area contributed by atoms with Crippen LogP contribution in [0.15, 0.2) is 12.1 Å². The van der Waals surface area contributed by atoms with Crippen molar-refractivity contribution < 1.29 is 18.0 Å². The number of hydrogen-bond donors (Lipinski definition) is 1. The molecular weight excluding hydrogens is 451 g/mol. The lowest BCUT2D eigenvalue weighted by atomic mass is 9.77. The quantitative estimate of drug-likeness (QED) is 0.573. The number of halogens is 3. The molecule has 2 aliphatic heterocycles. The van der Waals surface area contributed by atoms with Crippen molar-refractivity contribution in [2.24, 2.45) is 5.92 Å². The molecule has 3 atom stereocenters. The summed E-state index contributed by atoms with van der Waals surface area (Å²) in [6.07, 6.45) is 0.277. The van der Waals surface area contributed by atoms with Gasteiger partial charge >= 0.3 is 12.2 Å². The van der Waals surface area contributed by atoms with Crippen LogP contribution in [0, 0.1) is 19.8 Å². The number of nitrogens with zero attached hydrogens (tertiary/aromatic N) is 4. The third-order valence-electron chi connectivity index (χ3n) is 7.24. The number of aromatic nitrogens is 2. The predicted molar refractivity (Wildman–Crippen MR) is 123 cm³/mol. The molecule has 0 spiro atoms. The number of amides is 2. The number of fused-ring (bicyclic) bond motifs is 4. The Morgan fingerprint density at radius 1 is 1.15 bits per heavy atom. The molecule has 2 amide bonds. The number of pyridine rings is 1. The van der Waals surface area contributed by atoms with E-state index in [-0.39, 0.29) is 25.0 Å². The van der Waals surface area contributed by atoms with Gasteiger partial charge < -0.3 is 4.90 Å². The lowest BCUT2D eigenvalue weighted by Crippen LogP contribution is -2.49. The minimum Gasteiger partial charge on any atom is -0.356 e. The van der Waals surface area contributed by atoms with E-state index in [9.17, 15) is 18.0 Å². The fraction of sp³-hybridized carbons (Fsp3) is 0.609. The number of alkyl halides is 3. The minimum atomic E-state index is -4.21. The molecule has 4 heterocycles. The number of anilines is 3. The molecule has 2 aromatic heterocycles. The maximum atomic E-state index is 13.4. The summed E-state index contributed by atoms with van der Waals surface area (Å²) in [7, 11) is 0. The van der Waals surface area contributed by atoms with Crippen LogP contribution in [0.4, 0.5) is 34.7 Å². The van der Waals surface area contributed by atoms with Crippen molar-refractivity contribution in [3.05, 3.63) is 28.3 Å². The SMILES string of the molecule is Cc1nc(NC(=O)N2c3nc(N4CCCC(C(F)(F)F)C4)ccc3C3CCC[C@H]2C3)sc1C. The van der Waals surface area contributed by atoms with Gasteiger partial charge in [0.25, 0.3) is 0 Å². The van der Waals surface area contributed by atoms with Crippen molar-refractivity contribution in [3.8, 4) is 0 Å². The number of carbonyl (C=O) groups excluding carboxylic acids is 1. The van der Waals surface area contributed by atoms with Crippen molar-refractivity contribution in [2.75, 3.05) is 28.2 Å². The normalized spacial score (nSPS) is 25.1. The molecule has 1 saturated carbocycles. The summed E-state index contributed by atoms with van der Waals surface area (Å²) in [6, 6.07) is 3.56. The van der Waals surface area contributed by atoms with Crippen LogP contribution in [0.25, 0.3) is 0 Å². The van der Waals surface area contributed by atoms with Gasteiger partial charge in [-0.2, -0.15) is 13.2 Å². The van der Waals surface area contributed by atoms with Gasteiger partial charge in [-0.05, 0) is 63.5 Å². The average Bonchev–Trinajstić information content (AvgIpc) is 3.09. The number of carbonyl (C=O) groups is 1. The van der Waals surface area contributed by atoms with Gasteiger partial charge in [-0.15, -0.1) is 11.3 Å². The van der Waals surface area contributed by atoms with Gasteiger partial charge in [0.05, 0.1) is 11.6 Å². The molecule has 10 heteroatoms. The first-order valence-corrected chi connectivity index (χ1v) is 12.4. The van der Waals surface area contributed by atoms with Crippen molar-refractivity contribution in [3.63, 3.8) is 0 Å². The molecule has 2 bridgehead atoms. The van der Waals surface area contributed by atoms with E-state index < -0.39 is 12.1 Å². The van der Waals surface area contributed by atoms with Crippen molar-refractivity contribution in [1.82, 2.24) is 9.97 Å². The molecule has 6 nitrogen and oxygen atoms in total. The highest BCUT2D eigenvalue weighted by atomic mass is 32.1. The van der Waals surface area contributed by atoms with Crippen LogP contribution in [0.3, 0.4) is 0 Å². The van der Waals surface area contributed by atoms with Crippen LogP contribution in [0.5, 0.6) is 0 Å². The fourth-order valence-electron chi connectivity index (χ4n) is 5.38. The van der Waals surface area contributed by atoms with Crippen LogP contribution < -0.4 is 15.1 Å². The van der Waals surface area contributed by atoms with Crippen molar-refractivity contribution >= 4 is 34.1 Å². The number of urea groups is 1. The smallest absolute Gasteiger partial charge is 0.356 e. The highest BCUT2D eigenvalue weighted by Crippen LogP contribution is 2.46. The summed E-state index contributed by atoms with van der Waals surface area (Å²) in [5.74, 6) is 0.0868. The first kappa shape index (κ1) is 22.4. The Labute approximate surface area is 195 Å². The van der Waals surface area contributed by atoms with E-state index in [0.29, 0.717) is 35.7 Å². The molecule has 1 saturated heterocycles. The lowest BCUT2D eigenvalue weighted by molar-refractivity contribution is -0.176. The van der Waals surface area contributed by atoms with Crippen molar-refractivity contribution in [1.29, 1.82) is 0 Å². The first-order chi connectivity index (χ1) is 15.7. The van der Waals surface area contributed by atoms with Crippen LogP contribution in [0.1, 0.15) is 60.6 Å². The number of rotatable bonds is 2. The largest absolute Gasteiger partial charge is 0.393 e. The molecule has 0 radical (unpaired) electrons. The van der Waals surface area contributed by atoms with Crippen LogP contribution in [-0.2, 0) is 0 Å². The summed E-state index contributed by atoms with van der Waals surface area (Å²) in [6.45, 7) is 4.32. The van der Waals surface area contributed by atoms with Crippen LogP contribution >= 0.6 is 11.3 Å². The molecule has 3 aliphatic rings. The third-order valence-corrected chi connectivity index (χ3v) is 8.23. The average molecular weight is 480 g/mol. The maximum Gasteiger partial charge on any atom is 0.393 e. The number of thiazole rings is 1.